The number of alkyl halides is 3. The van der Waals surface area contributed by atoms with Crippen molar-refractivity contribution in [3.8, 4) is 6.01 Å². The van der Waals surface area contributed by atoms with Crippen LogP contribution in [0.1, 0.15) is 30.7 Å². The van der Waals surface area contributed by atoms with Crippen LogP contribution in [0.2, 0.25) is 5.02 Å². The Bertz CT molecular complexity index is 2560. The molecule has 1 aliphatic heterocycles. The van der Waals surface area contributed by atoms with Crippen LogP contribution in [0.4, 0.5) is 34.0 Å². The largest absolute Gasteiger partial charge is 0.480 e. The van der Waals surface area contributed by atoms with Gasteiger partial charge in [0.15, 0.2) is 0 Å². The lowest BCUT2D eigenvalue weighted by atomic mass is 10.1. The minimum atomic E-state index is -4.45. The second-order valence-electron chi connectivity index (χ2n) is 12.4. The SMILES string of the molecule is COC(=O)CSc1cc(N=c2sc(=O)n3n2CCCC3)c(F)cc1Cl.COc1nc(C)nc(NC(=O)NS(=O)(=O)c2ccccc2CCC(F)(F)F)n1.O=C(O)CNCP(=O)(O)O. The number of benzene rings is 2. The predicted octanol–water partition coefficient (Wildman–Crippen LogP) is 3.78. The summed E-state index contributed by atoms with van der Waals surface area (Å²) >= 11 is 8.17. The lowest BCUT2D eigenvalue weighted by Crippen LogP contribution is -2.35. The molecule has 1 aliphatic rings. The van der Waals surface area contributed by atoms with Gasteiger partial charge in [-0.2, -0.15) is 28.1 Å². The van der Waals surface area contributed by atoms with Crippen molar-refractivity contribution in [1.82, 2.24) is 34.4 Å². The molecule has 346 valence electrons. The number of halogens is 5. The zero-order valence-electron chi connectivity index (χ0n) is 33.1. The Labute approximate surface area is 368 Å². The molecule has 21 nitrogen and oxygen atoms in total. The number of thioether (sulfide) groups is 1. The molecule has 63 heavy (non-hydrogen) atoms. The van der Waals surface area contributed by atoms with E-state index in [-0.39, 0.29) is 44.7 Å². The zero-order valence-corrected chi connectivity index (χ0v) is 37.2. The molecule has 0 fully saturated rings. The summed E-state index contributed by atoms with van der Waals surface area (Å²) in [6.45, 7) is 2.39. The number of rotatable bonds is 14. The Morgan fingerprint density at radius 3 is 2.37 bits per heavy atom. The van der Waals surface area contributed by atoms with Gasteiger partial charge >= 0.3 is 42.6 Å². The molecule has 0 aliphatic carbocycles. The van der Waals surface area contributed by atoms with E-state index in [9.17, 15) is 49.7 Å². The van der Waals surface area contributed by atoms with Crippen molar-refractivity contribution in [2.75, 3.05) is 38.1 Å². The Morgan fingerprint density at radius 1 is 1.08 bits per heavy atom. The number of aryl methyl sites for hydroxylation is 2. The minimum absolute atomic E-state index is 0.0605. The van der Waals surface area contributed by atoms with Crippen LogP contribution in [0.5, 0.6) is 6.01 Å². The van der Waals surface area contributed by atoms with E-state index in [1.165, 1.54) is 45.4 Å². The summed E-state index contributed by atoms with van der Waals surface area (Å²) in [5.74, 6) is -2.12. The van der Waals surface area contributed by atoms with Crippen molar-refractivity contribution >= 4 is 81.9 Å². The Balaban J connectivity index is 0.000000278. The molecule has 0 radical (unpaired) electrons. The first-order valence-corrected chi connectivity index (χ1v) is 23.1. The lowest BCUT2D eigenvalue weighted by Gasteiger charge is -2.15. The number of carbonyl (C=O) groups excluding carboxylic acids is 2. The molecule has 30 heteroatoms. The number of esters is 1. The first kappa shape index (κ1) is 52.4. The summed E-state index contributed by atoms with van der Waals surface area (Å²) < 4.78 is 101. The molecule has 0 saturated carbocycles. The number of carboxylic acid groups (broad SMARTS) is 1. The predicted molar refractivity (Wildman–Crippen MR) is 219 cm³/mol. The molecule has 0 bridgehead atoms. The van der Waals surface area contributed by atoms with Gasteiger partial charge in [0.25, 0.3) is 10.0 Å². The van der Waals surface area contributed by atoms with Crippen molar-refractivity contribution in [3.05, 3.63) is 73.1 Å². The second kappa shape index (κ2) is 23.6. The van der Waals surface area contributed by atoms with Gasteiger partial charge in [0.2, 0.25) is 10.7 Å². The summed E-state index contributed by atoms with van der Waals surface area (Å²) in [5, 5.41) is 12.4. The highest BCUT2D eigenvalue weighted by Gasteiger charge is 2.29. The van der Waals surface area contributed by atoms with Gasteiger partial charge in [-0.3, -0.25) is 34.3 Å². The van der Waals surface area contributed by atoms with Gasteiger partial charge in [-0.15, -0.1) is 11.8 Å². The van der Waals surface area contributed by atoms with Gasteiger partial charge in [0.05, 0.1) is 42.7 Å². The number of hydrogen-bond acceptors (Lipinski definition) is 16. The van der Waals surface area contributed by atoms with E-state index in [2.05, 4.69) is 35.3 Å². The minimum Gasteiger partial charge on any atom is -0.480 e. The zero-order chi connectivity index (χ0) is 47.1. The van der Waals surface area contributed by atoms with E-state index in [0.29, 0.717) is 22.8 Å². The molecule has 3 heterocycles. The number of hydrogen-bond donors (Lipinski definition) is 6. The van der Waals surface area contributed by atoms with Gasteiger partial charge in [-0.05, 0) is 61.3 Å². The van der Waals surface area contributed by atoms with Crippen molar-refractivity contribution in [2.45, 2.75) is 61.7 Å². The number of nitrogens with one attached hydrogen (secondary N) is 3. The van der Waals surface area contributed by atoms with Crippen LogP contribution in [0, 0.1) is 12.7 Å². The number of aliphatic carboxylic acids is 1. The van der Waals surface area contributed by atoms with E-state index in [1.807, 2.05) is 0 Å². The summed E-state index contributed by atoms with van der Waals surface area (Å²) in [6.07, 6.45) is -4.90. The number of sulfonamides is 1. The number of aromatic nitrogens is 5. The van der Waals surface area contributed by atoms with E-state index in [0.717, 1.165) is 48.1 Å². The van der Waals surface area contributed by atoms with Crippen molar-refractivity contribution in [2.24, 2.45) is 4.99 Å². The molecule has 0 spiro atoms. The van der Waals surface area contributed by atoms with Crippen LogP contribution in [-0.4, -0.2) is 105 Å². The van der Waals surface area contributed by atoms with E-state index in [4.69, 9.17) is 31.2 Å². The number of nitrogens with zero attached hydrogens (tertiary/aromatic N) is 6. The third-order valence-electron chi connectivity index (χ3n) is 7.58. The van der Waals surface area contributed by atoms with Crippen molar-refractivity contribution in [1.29, 1.82) is 0 Å². The molecule has 2 aromatic carbocycles. The maximum atomic E-state index is 14.3. The van der Waals surface area contributed by atoms with Gasteiger partial charge in [-0.25, -0.2) is 32.0 Å². The van der Waals surface area contributed by atoms with Crippen molar-refractivity contribution in [3.63, 3.8) is 0 Å². The summed E-state index contributed by atoms with van der Waals surface area (Å²) in [5.41, 5.74) is 0.0114. The number of methoxy groups -OCH3 is 2. The highest BCUT2D eigenvalue weighted by Crippen LogP contribution is 2.33. The highest BCUT2D eigenvalue weighted by molar-refractivity contribution is 8.00. The van der Waals surface area contributed by atoms with Gasteiger partial charge in [0, 0.05) is 24.4 Å². The Kier molecular flexibility index (Phi) is 19.7. The van der Waals surface area contributed by atoms with Crippen LogP contribution in [0.15, 0.2) is 56.0 Å². The molecule has 6 N–H and O–H groups in total. The van der Waals surface area contributed by atoms with Crippen LogP contribution in [0.25, 0.3) is 0 Å². The summed E-state index contributed by atoms with van der Waals surface area (Å²) in [7, 11) is -5.94. The van der Waals surface area contributed by atoms with Gasteiger partial charge < -0.3 is 24.4 Å². The third-order valence-corrected chi connectivity index (χ3v) is 12.0. The standard InChI is InChI=1S/C15H15ClFN3O3S2.C15H16F3N5O4S.C3H8NO5P/c1-23-13(21)8-24-12-7-11(10(17)6-9(12)16)18-14-19-4-2-3-5-20(19)15(22)25-14;1-9-19-12(22-14(20-9)27-2)21-13(24)23-28(25,26)11-6-4-3-5-10(11)7-8-15(16,17)18;5-3(6)1-4-2-10(7,8)9/h6-7H,2-5,8H2,1H3;3-6H,7-8H2,1-2H3,(H2,19,20,21,22,23,24);4H,1-2H2,(H,5,6)(H2,7,8,9). The second-order valence-corrected chi connectivity index (χ2v) is 18.1. The Hall–Kier alpha value is -4.96. The van der Waals surface area contributed by atoms with Gasteiger partial charge in [0.1, 0.15) is 17.3 Å². The van der Waals surface area contributed by atoms with E-state index in [1.54, 1.807) is 14.1 Å². The molecule has 4 aromatic rings. The number of ether oxygens (including phenoxy) is 2. The molecule has 2 amide bonds. The number of urea groups is 1. The van der Waals surface area contributed by atoms with E-state index < -0.39 is 78.2 Å². The first-order valence-electron chi connectivity index (χ1n) is 17.7. The number of fused-ring (bicyclic) bond motifs is 1. The monoisotopic (exact) mass is 991 g/mol. The lowest BCUT2D eigenvalue weighted by molar-refractivity contribution is -0.137. The molecular weight excluding hydrogens is 953 g/mol. The average Bonchev–Trinajstić information content (AvgIpc) is 3.50. The maximum absolute atomic E-state index is 14.3. The summed E-state index contributed by atoms with van der Waals surface area (Å²) in [4.78, 5) is 77.6. The Morgan fingerprint density at radius 2 is 1.75 bits per heavy atom. The topological polar surface area (TPSA) is 296 Å². The van der Waals surface area contributed by atoms with Crippen molar-refractivity contribution < 1.29 is 69.3 Å². The van der Waals surface area contributed by atoms with Crippen LogP contribution >= 0.6 is 42.3 Å². The van der Waals surface area contributed by atoms with E-state index >= 15 is 0 Å². The molecule has 5 rings (SSSR count). The smallest absolute Gasteiger partial charge is 0.389 e. The number of carbonyl (C=O) groups is 3. The van der Waals surface area contributed by atoms with Gasteiger partial charge in [-0.1, -0.05) is 29.8 Å². The quantitative estimate of drug-likeness (QED) is 0.0453. The fourth-order valence-corrected chi connectivity index (χ4v) is 8.47. The number of carboxylic acids is 1. The normalized spacial score (nSPS) is 12.8. The average molecular weight is 992 g/mol. The first-order chi connectivity index (χ1) is 29.4. The molecule has 0 unspecified atom stereocenters. The third kappa shape index (κ3) is 18.0. The number of anilines is 1. The highest BCUT2D eigenvalue weighted by atomic mass is 35.5. The van der Waals surface area contributed by atoms with Crippen LogP contribution in [-0.2, 0) is 48.4 Å². The van der Waals surface area contributed by atoms with Crippen LogP contribution in [0.3, 0.4) is 0 Å². The molecular formula is C33H39ClF4N9O12PS3. The maximum Gasteiger partial charge on any atom is 0.389 e. The molecule has 0 atom stereocenters. The fraction of sp³-hybridized carbons (Fsp3) is 0.394. The fourth-order valence-electron chi connectivity index (χ4n) is 4.90. The number of amides is 2. The van der Waals surface area contributed by atoms with Crippen LogP contribution < -0.4 is 29.8 Å². The summed E-state index contributed by atoms with van der Waals surface area (Å²) in [6, 6.07) is 6.46. The molecule has 0 saturated heterocycles. The molecule has 2 aromatic heterocycles.